The Morgan fingerprint density at radius 1 is 1.38 bits per heavy atom. The first-order valence-electron chi connectivity index (χ1n) is 3.53. The van der Waals surface area contributed by atoms with Gasteiger partial charge in [-0.05, 0) is 6.42 Å². The van der Waals surface area contributed by atoms with Gasteiger partial charge in [-0.3, -0.25) is 5.41 Å². The second-order valence-electron chi connectivity index (χ2n) is 2.13. The molecule has 0 atom stereocenters. The molecule has 0 radical (unpaired) electrons. The number of rotatable bonds is 4. The molecule has 2 nitrogen and oxygen atoms in total. The van der Waals surface area contributed by atoms with Crippen LogP contribution < -0.4 is 0 Å². The molecule has 0 heterocycles. The minimum atomic E-state index is -1.77. The Bertz CT molecular complexity index is 208. The van der Waals surface area contributed by atoms with Crippen molar-refractivity contribution in [2.75, 3.05) is 6.61 Å². The highest BCUT2D eigenvalue weighted by Crippen LogP contribution is 2.27. The van der Waals surface area contributed by atoms with E-state index in [1.54, 1.807) is 12.2 Å². The number of hydrogen-bond donors (Lipinski definition) is 1. The summed E-state index contributed by atoms with van der Waals surface area (Å²) < 4.78 is 3.05. The molecule has 0 saturated carbocycles. The summed E-state index contributed by atoms with van der Waals surface area (Å²) >= 11 is 16.1. The molecule has 0 spiro atoms. The Kier molecular flexibility index (Phi) is 6.21. The van der Waals surface area contributed by atoms with Gasteiger partial charge in [0, 0.05) is 0 Å². The predicted molar refractivity (Wildman–Crippen MR) is 57.9 cm³/mol. The largest absolute Gasteiger partial charge is 0.474 e. The molecule has 0 bridgehead atoms. The highest BCUT2D eigenvalue weighted by Gasteiger charge is 2.28. The van der Waals surface area contributed by atoms with Gasteiger partial charge in [0.2, 0.25) is 5.90 Å². The van der Waals surface area contributed by atoms with Crippen molar-refractivity contribution in [1.29, 1.82) is 5.41 Å². The van der Waals surface area contributed by atoms with Crippen molar-refractivity contribution >= 4 is 40.7 Å². The van der Waals surface area contributed by atoms with Crippen LogP contribution in [0.25, 0.3) is 0 Å². The van der Waals surface area contributed by atoms with Crippen LogP contribution in [0.15, 0.2) is 24.8 Å². The molecule has 5 heteroatoms. The average molecular weight is 243 g/mol. The zero-order valence-corrected chi connectivity index (χ0v) is 9.16. The van der Waals surface area contributed by atoms with E-state index in [-0.39, 0.29) is 12.5 Å². The molecule has 0 unspecified atom stereocenters. The highest BCUT2D eigenvalue weighted by molar-refractivity contribution is 6.76. The average Bonchev–Trinajstić information content (AvgIpc) is 2.02. The van der Waals surface area contributed by atoms with Gasteiger partial charge in [-0.2, -0.15) is 0 Å². The van der Waals surface area contributed by atoms with Crippen LogP contribution in [0.5, 0.6) is 0 Å². The van der Waals surface area contributed by atoms with Crippen molar-refractivity contribution in [2.24, 2.45) is 0 Å². The summed E-state index contributed by atoms with van der Waals surface area (Å²) in [5, 5.41) is 7.15. The maximum Gasteiger partial charge on any atom is 0.265 e. The van der Waals surface area contributed by atoms with Crippen LogP contribution in [-0.2, 0) is 4.74 Å². The lowest BCUT2D eigenvalue weighted by molar-refractivity contribution is 0.340. The zero-order valence-electron chi connectivity index (χ0n) is 6.90. The summed E-state index contributed by atoms with van der Waals surface area (Å²) in [5.41, 5.74) is 0. The summed E-state index contributed by atoms with van der Waals surface area (Å²) in [6.07, 6.45) is 6.08. The number of nitrogens with one attached hydrogen (secondary N) is 1. The molecule has 1 N–H and O–H groups in total. The van der Waals surface area contributed by atoms with Crippen molar-refractivity contribution in [1.82, 2.24) is 0 Å². The normalized spacial score (nSPS) is 11.6. The molecular formula is C8H10Cl3NO. The minimum absolute atomic E-state index is 0.223. The minimum Gasteiger partial charge on any atom is -0.474 e. The Labute approximate surface area is 92.6 Å². The van der Waals surface area contributed by atoms with E-state index >= 15 is 0 Å². The smallest absolute Gasteiger partial charge is 0.265 e. The van der Waals surface area contributed by atoms with Gasteiger partial charge in [0.1, 0.15) is 6.61 Å². The van der Waals surface area contributed by atoms with E-state index in [0.29, 0.717) is 0 Å². The van der Waals surface area contributed by atoms with Gasteiger partial charge in [0.15, 0.2) is 0 Å². The van der Waals surface area contributed by atoms with Crippen molar-refractivity contribution in [3.05, 3.63) is 24.8 Å². The molecule has 0 saturated heterocycles. The molecular weight excluding hydrogens is 232 g/mol. The Morgan fingerprint density at radius 3 is 2.46 bits per heavy atom. The molecule has 13 heavy (non-hydrogen) atoms. The molecule has 0 aliphatic rings. The first-order valence-corrected chi connectivity index (χ1v) is 4.66. The third-order valence-corrected chi connectivity index (χ3v) is 1.57. The summed E-state index contributed by atoms with van der Waals surface area (Å²) in [5.74, 6) is -0.374. The van der Waals surface area contributed by atoms with Gasteiger partial charge in [0.25, 0.3) is 3.79 Å². The highest BCUT2D eigenvalue weighted by atomic mass is 35.6. The predicted octanol–water partition coefficient (Wildman–Crippen LogP) is 3.48. The lowest BCUT2D eigenvalue weighted by atomic mass is 10.4. The maximum absolute atomic E-state index is 7.15. The van der Waals surface area contributed by atoms with Crippen LogP contribution in [0.3, 0.4) is 0 Å². The third kappa shape index (κ3) is 6.94. The van der Waals surface area contributed by atoms with E-state index in [0.717, 1.165) is 6.42 Å². The molecule has 74 valence electrons. The van der Waals surface area contributed by atoms with Crippen molar-refractivity contribution in [2.45, 2.75) is 10.2 Å². The topological polar surface area (TPSA) is 33.1 Å². The second kappa shape index (κ2) is 6.30. The van der Waals surface area contributed by atoms with E-state index < -0.39 is 3.79 Å². The van der Waals surface area contributed by atoms with Gasteiger partial charge in [-0.15, -0.1) is 6.58 Å². The molecule has 0 aliphatic heterocycles. The molecule has 0 aliphatic carbocycles. The second-order valence-corrected chi connectivity index (χ2v) is 4.41. The van der Waals surface area contributed by atoms with E-state index in [4.69, 9.17) is 44.9 Å². The lowest BCUT2D eigenvalue weighted by Crippen LogP contribution is -2.21. The molecule has 0 rings (SSSR count). The van der Waals surface area contributed by atoms with Crippen LogP contribution in [0.4, 0.5) is 0 Å². The molecule has 0 aromatic heterocycles. The standard InChI is InChI=1S/C8H10Cl3NO/c1-2-3-4-5-6-13-7(12)8(9,10)11/h2,4-5,12H,1,3,6H2/b5-4+,12-7?. The number of ether oxygens (including phenoxy) is 1. The summed E-state index contributed by atoms with van der Waals surface area (Å²) in [4.78, 5) is 0. The van der Waals surface area contributed by atoms with Crippen molar-refractivity contribution in [3.63, 3.8) is 0 Å². The Balaban J connectivity index is 3.66. The van der Waals surface area contributed by atoms with Gasteiger partial charge >= 0.3 is 0 Å². The van der Waals surface area contributed by atoms with Crippen LogP contribution in [-0.4, -0.2) is 16.3 Å². The number of alkyl halides is 3. The van der Waals surface area contributed by atoms with E-state index in [9.17, 15) is 0 Å². The maximum atomic E-state index is 7.15. The molecule has 0 fully saturated rings. The molecule has 0 amide bonds. The zero-order chi connectivity index (χ0) is 10.3. The Hall–Kier alpha value is -0.180. The third-order valence-electron chi connectivity index (χ3n) is 1.05. The fraction of sp³-hybridized carbons (Fsp3) is 0.375. The molecule has 0 aromatic rings. The van der Waals surface area contributed by atoms with Crippen LogP contribution in [0.2, 0.25) is 0 Å². The number of allylic oxidation sites excluding steroid dienone is 2. The number of hydrogen-bond acceptors (Lipinski definition) is 2. The van der Waals surface area contributed by atoms with Crippen LogP contribution >= 0.6 is 34.8 Å². The summed E-state index contributed by atoms with van der Waals surface area (Å²) in [6.45, 7) is 3.76. The quantitative estimate of drug-likeness (QED) is 0.348. The Morgan fingerprint density at radius 2 is 2.00 bits per heavy atom. The molecule has 0 aromatic carbocycles. The van der Waals surface area contributed by atoms with Crippen LogP contribution in [0, 0.1) is 5.41 Å². The first kappa shape index (κ1) is 12.8. The number of halogens is 3. The summed E-state index contributed by atoms with van der Waals surface area (Å²) in [7, 11) is 0. The fourth-order valence-electron chi connectivity index (χ4n) is 0.474. The van der Waals surface area contributed by atoms with Gasteiger partial charge in [-0.25, -0.2) is 0 Å². The van der Waals surface area contributed by atoms with Gasteiger partial charge in [-0.1, -0.05) is 53.0 Å². The van der Waals surface area contributed by atoms with Crippen molar-refractivity contribution < 1.29 is 4.74 Å². The van der Waals surface area contributed by atoms with Crippen molar-refractivity contribution in [3.8, 4) is 0 Å². The van der Waals surface area contributed by atoms with Gasteiger partial charge < -0.3 is 4.74 Å². The van der Waals surface area contributed by atoms with Gasteiger partial charge in [0.05, 0.1) is 0 Å². The SMILES string of the molecule is C=CC/C=C/COC(=N)C(Cl)(Cl)Cl. The fourth-order valence-corrected chi connectivity index (χ4v) is 0.637. The van der Waals surface area contributed by atoms with E-state index in [1.807, 2.05) is 6.08 Å². The summed E-state index contributed by atoms with van der Waals surface area (Å²) in [6, 6.07) is 0. The van der Waals surface area contributed by atoms with E-state index in [1.165, 1.54) is 0 Å². The lowest BCUT2D eigenvalue weighted by Gasteiger charge is -2.11. The monoisotopic (exact) mass is 241 g/mol. The van der Waals surface area contributed by atoms with Crippen LogP contribution in [0.1, 0.15) is 6.42 Å². The first-order chi connectivity index (χ1) is 5.98. The van der Waals surface area contributed by atoms with E-state index in [2.05, 4.69) is 6.58 Å².